The highest BCUT2D eigenvalue weighted by Crippen LogP contribution is 2.41. The number of aliphatic hydroxyl groups excluding tert-OH is 1. The average molecular weight is 306 g/mol. The second-order valence-corrected chi connectivity index (χ2v) is 5.34. The first-order valence-electron chi connectivity index (χ1n) is 6.19. The first-order valence-corrected chi connectivity index (χ1v) is 6.57. The molecule has 1 heterocycles. The topological polar surface area (TPSA) is 64.7 Å². The highest BCUT2D eigenvalue weighted by molar-refractivity contribution is 6.31. The van der Waals surface area contributed by atoms with Crippen LogP contribution in [0.4, 0.5) is 0 Å². The van der Waals surface area contributed by atoms with Gasteiger partial charge in [0.2, 0.25) is 6.79 Å². The van der Waals surface area contributed by atoms with Crippen molar-refractivity contribution in [3.05, 3.63) is 22.7 Å². The van der Waals surface area contributed by atoms with E-state index in [1.807, 2.05) is 0 Å². The summed E-state index contributed by atoms with van der Waals surface area (Å²) in [4.78, 5) is 0. The standard InChI is InChI=1S/C13H16ClNO3.ClH/c14-9-5-11-10(17-6-18-11)4-8(9)12(15)13(16)7-2-1-3-7;/h4-5,7,12-13,16H,1-3,6,15H2;1H/t12-,13+;/m1./s1. The summed E-state index contributed by atoms with van der Waals surface area (Å²) in [7, 11) is 0. The number of hydrogen-bond acceptors (Lipinski definition) is 4. The molecule has 0 amide bonds. The van der Waals surface area contributed by atoms with Crippen molar-refractivity contribution in [2.45, 2.75) is 31.4 Å². The Kier molecular flexibility index (Phi) is 4.46. The molecule has 19 heavy (non-hydrogen) atoms. The Balaban J connectivity index is 0.00000133. The summed E-state index contributed by atoms with van der Waals surface area (Å²) in [6.07, 6.45) is 2.70. The molecule has 0 saturated heterocycles. The van der Waals surface area contributed by atoms with E-state index >= 15 is 0 Å². The molecule has 0 aromatic heterocycles. The van der Waals surface area contributed by atoms with Gasteiger partial charge in [-0.2, -0.15) is 0 Å². The smallest absolute Gasteiger partial charge is 0.231 e. The van der Waals surface area contributed by atoms with E-state index in [4.69, 9.17) is 26.8 Å². The van der Waals surface area contributed by atoms with Gasteiger partial charge in [-0.25, -0.2) is 0 Å². The monoisotopic (exact) mass is 305 g/mol. The SMILES string of the molecule is Cl.N[C@H](c1cc2c(cc1Cl)OCO2)[C@@H](O)C1CCC1. The molecular formula is C13H17Cl2NO3. The minimum absolute atomic E-state index is 0. The van der Waals surface area contributed by atoms with Crippen molar-refractivity contribution in [1.29, 1.82) is 0 Å². The van der Waals surface area contributed by atoms with E-state index in [-0.39, 0.29) is 19.2 Å². The third-order valence-electron chi connectivity index (χ3n) is 3.85. The second-order valence-electron chi connectivity index (χ2n) is 4.93. The molecule has 3 rings (SSSR count). The van der Waals surface area contributed by atoms with Crippen LogP contribution in [0.2, 0.25) is 5.02 Å². The lowest BCUT2D eigenvalue weighted by Crippen LogP contribution is -2.36. The Bertz CT molecular complexity index is 465. The molecular weight excluding hydrogens is 289 g/mol. The lowest BCUT2D eigenvalue weighted by atomic mass is 9.77. The number of rotatable bonds is 3. The molecule has 1 aromatic carbocycles. The quantitative estimate of drug-likeness (QED) is 0.901. The molecule has 0 unspecified atom stereocenters. The maximum Gasteiger partial charge on any atom is 0.231 e. The highest BCUT2D eigenvalue weighted by Gasteiger charge is 2.32. The van der Waals surface area contributed by atoms with Crippen LogP contribution in [0.5, 0.6) is 11.5 Å². The number of fused-ring (bicyclic) bond motifs is 1. The molecule has 2 atom stereocenters. The fourth-order valence-electron chi connectivity index (χ4n) is 2.45. The van der Waals surface area contributed by atoms with Crippen LogP contribution < -0.4 is 15.2 Å². The van der Waals surface area contributed by atoms with Crippen molar-refractivity contribution in [2.24, 2.45) is 11.7 Å². The maximum atomic E-state index is 10.2. The number of aliphatic hydroxyl groups is 1. The van der Waals surface area contributed by atoms with E-state index in [0.29, 0.717) is 22.4 Å². The van der Waals surface area contributed by atoms with Crippen molar-refractivity contribution in [3.63, 3.8) is 0 Å². The van der Waals surface area contributed by atoms with Crippen LogP contribution in [-0.4, -0.2) is 18.0 Å². The van der Waals surface area contributed by atoms with Crippen LogP contribution in [-0.2, 0) is 0 Å². The van der Waals surface area contributed by atoms with E-state index < -0.39 is 12.1 Å². The number of benzene rings is 1. The Hall–Kier alpha value is -0.680. The first kappa shape index (κ1) is 14.7. The van der Waals surface area contributed by atoms with Gasteiger partial charge >= 0.3 is 0 Å². The summed E-state index contributed by atoms with van der Waals surface area (Å²) >= 11 is 6.19. The molecule has 2 aliphatic rings. The largest absolute Gasteiger partial charge is 0.454 e. The van der Waals surface area contributed by atoms with Gasteiger partial charge in [0.25, 0.3) is 0 Å². The Labute approximate surface area is 123 Å². The van der Waals surface area contributed by atoms with Gasteiger partial charge in [-0.3, -0.25) is 0 Å². The van der Waals surface area contributed by atoms with E-state index in [9.17, 15) is 5.11 Å². The second kappa shape index (κ2) is 5.75. The average Bonchev–Trinajstić information content (AvgIpc) is 2.71. The zero-order valence-corrected chi connectivity index (χ0v) is 11.9. The fraction of sp³-hybridized carbons (Fsp3) is 0.538. The van der Waals surface area contributed by atoms with Gasteiger partial charge < -0.3 is 20.3 Å². The Morgan fingerprint density at radius 1 is 1.26 bits per heavy atom. The lowest BCUT2D eigenvalue weighted by Gasteiger charge is -2.34. The molecule has 0 bridgehead atoms. The van der Waals surface area contributed by atoms with Crippen LogP contribution >= 0.6 is 24.0 Å². The number of nitrogens with two attached hydrogens (primary N) is 1. The van der Waals surface area contributed by atoms with E-state index in [2.05, 4.69) is 0 Å². The predicted molar refractivity (Wildman–Crippen MR) is 75.1 cm³/mol. The van der Waals surface area contributed by atoms with Gasteiger partial charge in [-0.15, -0.1) is 12.4 Å². The lowest BCUT2D eigenvalue weighted by molar-refractivity contribution is 0.0413. The zero-order chi connectivity index (χ0) is 12.7. The summed E-state index contributed by atoms with van der Waals surface area (Å²) in [5, 5.41) is 10.7. The number of hydrogen-bond donors (Lipinski definition) is 2. The minimum Gasteiger partial charge on any atom is -0.454 e. The summed E-state index contributed by atoms with van der Waals surface area (Å²) in [6.45, 7) is 0.204. The van der Waals surface area contributed by atoms with Crippen LogP contribution in [0.3, 0.4) is 0 Å². The third-order valence-corrected chi connectivity index (χ3v) is 4.18. The molecule has 106 valence electrons. The number of halogens is 2. The van der Waals surface area contributed by atoms with E-state index in [1.165, 1.54) is 6.42 Å². The molecule has 3 N–H and O–H groups in total. The van der Waals surface area contributed by atoms with Gasteiger partial charge in [0, 0.05) is 11.1 Å². The molecule has 6 heteroatoms. The van der Waals surface area contributed by atoms with Crippen molar-refractivity contribution in [1.82, 2.24) is 0 Å². The van der Waals surface area contributed by atoms with E-state index in [1.54, 1.807) is 12.1 Å². The summed E-state index contributed by atoms with van der Waals surface area (Å²) in [6, 6.07) is 3.00. The highest BCUT2D eigenvalue weighted by atomic mass is 35.5. The van der Waals surface area contributed by atoms with Gasteiger partial charge in [0.05, 0.1) is 12.1 Å². The predicted octanol–water partition coefficient (Wildman–Crippen LogP) is 2.65. The minimum atomic E-state index is -0.545. The van der Waals surface area contributed by atoms with Gasteiger partial charge in [-0.1, -0.05) is 18.0 Å². The maximum absolute atomic E-state index is 10.2. The Morgan fingerprint density at radius 2 is 1.89 bits per heavy atom. The van der Waals surface area contributed by atoms with Gasteiger partial charge in [-0.05, 0) is 30.4 Å². The Morgan fingerprint density at radius 3 is 2.47 bits per heavy atom. The molecule has 1 aliphatic carbocycles. The summed E-state index contributed by atoms with van der Waals surface area (Å²) in [5.74, 6) is 1.57. The molecule has 1 saturated carbocycles. The van der Waals surface area contributed by atoms with Gasteiger partial charge in [0.15, 0.2) is 11.5 Å². The van der Waals surface area contributed by atoms with Crippen LogP contribution in [0.1, 0.15) is 30.9 Å². The molecule has 0 radical (unpaired) electrons. The fourth-order valence-corrected chi connectivity index (χ4v) is 2.73. The molecule has 1 fully saturated rings. The van der Waals surface area contributed by atoms with Crippen LogP contribution in [0.15, 0.2) is 12.1 Å². The van der Waals surface area contributed by atoms with Crippen molar-refractivity contribution in [3.8, 4) is 11.5 Å². The number of ether oxygens (including phenoxy) is 2. The van der Waals surface area contributed by atoms with Crippen LogP contribution in [0.25, 0.3) is 0 Å². The van der Waals surface area contributed by atoms with Gasteiger partial charge in [0.1, 0.15) is 0 Å². The molecule has 4 nitrogen and oxygen atoms in total. The summed E-state index contributed by atoms with van der Waals surface area (Å²) < 4.78 is 10.6. The van der Waals surface area contributed by atoms with E-state index in [0.717, 1.165) is 18.4 Å². The zero-order valence-electron chi connectivity index (χ0n) is 10.3. The normalized spacial score (nSPS) is 20.4. The van der Waals surface area contributed by atoms with Crippen molar-refractivity contribution in [2.75, 3.05) is 6.79 Å². The molecule has 1 aliphatic heterocycles. The van der Waals surface area contributed by atoms with Crippen molar-refractivity contribution >= 4 is 24.0 Å². The van der Waals surface area contributed by atoms with Crippen molar-refractivity contribution < 1.29 is 14.6 Å². The summed E-state index contributed by atoms with van der Waals surface area (Å²) in [5.41, 5.74) is 6.84. The van der Waals surface area contributed by atoms with Crippen LogP contribution in [0, 0.1) is 5.92 Å². The third kappa shape index (κ3) is 2.63. The molecule has 1 aromatic rings. The first-order chi connectivity index (χ1) is 8.66. The molecule has 0 spiro atoms.